The Bertz CT molecular complexity index is 3480. The van der Waals surface area contributed by atoms with Crippen LogP contribution in [0.1, 0.15) is 75.0 Å². The Morgan fingerprint density at radius 2 is 0.579 bits per heavy atom. The van der Waals surface area contributed by atoms with Crippen molar-refractivity contribution in [2.45, 2.75) is 88.1 Å². The zero-order chi connectivity index (χ0) is 51.2. The van der Waals surface area contributed by atoms with Gasteiger partial charge in [-0.2, -0.15) is 0 Å². The van der Waals surface area contributed by atoms with Crippen LogP contribution >= 0.6 is 0 Å². The summed E-state index contributed by atoms with van der Waals surface area (Å²) in [5.41, 5.74) is 11.1. The smallest absolute Gasteiger partial charge is 0.135 e. The molecule has 11 aromatic rings. The summed E-state index contributed by atoms with van der Waals surface area (Å²) in [6.45, 7) is 2.40. The van der Waals surface area contributed by atoms with Crippen LogP contribution in [0.5, 0.6) is 11.5 Å². The van der Waals surface area contributed by atoms with Crippen LogP contribution in [0.3, 0.4) is 0 Å². The van der Waals surface area contributed by atoms with Gasteiger partial charge in [-0.15, -0.1) is 0 Å². The minimum Gasteiger partial charge on any atom is -0.489 e. The molecule has 0 saturated heterocycles. The van der Waals surface area contributed by atoms with E-state index < -0.39 is 5.41 Å². The fraction of sp³-hybridized carbons (Fsp3) is 0.194. The molecule has 2 aliphatic rings. The molecule has 0 heterocycles. The summed E-state index contributed by atoms with van der Waals surface area (Å²) in [6.07, 6.45) is 5.27. The Hall–Kier alpha value is -8.02. The SMILES string of the molecule is CC(c1ccccc1)(c1cc(-c2ccc3ccccc3c2)c(OC2CCC(O)CC2)c(-c2ccc3ccccc3c2)c1)c1cc(-c2ccc3ccccc3c2)c(OC2CCC(O)CC2)c(-c2ccc3ccccc3c2)c1. The molecule has 2 N–H and O–H groups in total. The van der Waals surface area contributed by atoms with Crippen LogP contribution in [0.15, 0.2) is 224 Å². The van der Waals surface area contributed by atoms with Crippen LogP contribution < -0.4 is 9.47 Å². The first-order chi connectivity index (χ1) is 37.3. The Morgan fingerprint density at radius 3 is 0.882 bits per heavy atom. The van der Waals surface area contributed by atoms with E-state index in [2.05, 4.69) is 231 Å². The second kappa shape index (κ2) is 20.3. The molecule has 76 heavy (non-hydrogen) atoms. The number of benzene rings is 11. The highest BCUT2D eigenvalue weighted by Gasteiger charge is 2.37. The quantitative estimate of drug-likeness (QED) is 0.127. The third-order valence-corrected chi connectivity index (χ3v) is 16.8. The van der Waals surface area contributed by atoms with Gasteiger partial charge in [0, 0.05) is 27.7 Å². The number of ether oxygens (including phenoxy) is 2. The van der Waals surface area contributed by atoms with Crippen molar-refractivity contribution in [2.75, 3.05) is 0 Å². The molecule has 0 radical (unpaired) electrons. The van der Waals surface area contributed by atoms with Gasteiger partial charge >= 0.3 is 0 Å². The van der Waals surface area contributed by atoms with E-state index in [1.165, 1.54) is 43.1 Å². The van der Waals surface area contributed by atoms with E-state index in [1.807, 2.05) is 0 Å². The van der Waals surface area contributed by atoms with Crippen molar-refractivity contribution < 1.29 is 19.7 Å². The first-order valence-electron chi connectivity index (χ1n) is 27.4. The molecule has 0 spiro atoms. The predicted molar refractivity (Wildman–Crippen MR) is 314 cm³/mol. The predicted octanol–water partition coefficient (Wildman–Crippen LogP) is 17.7. The lowest BCUT2D eigenvalue weighted by atomic mass is 9.68. The van der Waals surface area contributed by atoms with Crippen LogP contribution in [-0.4, -0.2) is 34.6 Å². The molecule has 4 heteroatoms. The zero-order valence-electron chi connectivity index (χ0n) is 43.0. The number of hydrogen-bond donors (Lipinski definition) is 2. The average Bonchev–Trinajstić information content (AvgIpc) is 3.52. The average molecular weight is 991 g/mol. The molecule has 13 rings (SSSR count). The Balaban J connectivity index is 1.12. The van der Waals surface area contributed by atoms with E-state index in [9.17, 15) is 10.2 Å². The van der Waals surface area contributed by atoms with Gasteiger partial charge in [0.25, 0.3) is 0 Å². The summed E-state index contributed by atoms with van der Waals surface area (Å²) in [7, 11) is 0. The van der Waals surface area contributed by atoms with Crippen molar-refractivity contribution in [1.82, 2.24) is 0 Å². The largest absolute Gasteiger partial charge is 0.489 e. The summed E-state index contributed by atoms with van der Waals surface area (Å²) in [5, 5.41) is 30.8. The lowest BCUT2D eigenvalue weighted by molar-refractivity contribution is 0.0671. The van der Waals surface area contributed by atoms with Gasteiger partial charge in [0.1, 0.15) is 11.5 Å². The van der Waals surface area contributed by atoms with Gasteiger partial charge in [-0.1, -0.05) is 176 Å². The van der Waals surface area contributed by atoms with Crippen LogP contribution in [0, 0.1) is 0 Å². The summed E-state index contributed by atoms with van der Waals surface area (Å²) in [5.74, 6) is 1.72. The lowest BCUT2D eigenvalue weighted by Gasteiger charge is -2.36. The monoisotopic (exact) mass is 990 g/mol. The van der Waals surface area contributed by atoms with E-state index in [-0.39, 0.29) is 24.4 Å². The van der Waals surface area contributed by atoms with Crippen molar-refractivity contribution >= 4 is 43.1 Å². The second-order valence-corrected chi connectivity index (χ2v) is 21.6. The molecule has 0 atom stereocenters. The third-order valence-electron chi connectivity index (χ3n) is 16.8. The van der Waals surface area contributed by atoms with Gasteiger partial charge in [-0.3, -0.25) is 0 Å². The van der Waals surface area contributed by atoms with E-state index in [4.69, 9.17) is 9.47 Å². The van der Waals surface area contributed by atoms with Crippen molar-refractivity contribution in [3.05, 3.63) is 241 Å². The number of rotatable bonds is 11. The van der Waals surface area contributed by atoms with Crippen LogP contribution in [0.4, 0.5) is 0 Å². The molecular weight excluding hydrogens is 929 g/mol. The molecule has 0 amide bonds. The van der Waals surface area contributed by atoms with Crippen molar-refractivity contribution in [1.29, 1.82) is 0 Å². The van der Waals surface area contributed by atoms with Crippen LogP contribution in [0.2, 0.25) is 0 Å². The van der Waals surface area contributed by atoms with Crippen molar-refractivity contribution in [3.63, 3.8) is 0 Å². The minimum atomic E-state index is -0.753. The maximum Gasteiger partial charge on any atom is 0.135 e. The Kier molecular flexibility index (Phi) is 12.7. The number of aliphatic hydroxyl groups excluding tert-OH is 2. The standard InChI is InChI=1S/C72H62O4/c1-72(59-21-3-2-4-22-59,60-43-66(55-27-23-47-13-5-9-17-51(47)39-55)70(75-64-35-31-62(73)32-36-64)67(44-60)56-28-24-48-14-6-10-18-52(48)40-56)61-45-68(57-29-25-49-15-7-11-19-53(49)41-57)71(76-65-37-33-63(74)34-38-65)69(46-61)58-30-26-50-16-8-12-20-54(50)42-58/h2-30,39-46,62-65,73-74H,31-38H2,1H3. The minimum absolute atomic E-state index is 0.0536. The first-order valence-corrected chi connectivity index (χ1v) is 27.4. The van der Waals surface area contributed by atoms with Gasteiger partial charge in [-0.05, 0) is 189 Å². The molecule has 11 aromatic carbocycles. The molecule has 2 aliphatic carbocycles. The van der Waals surface area contributed by atoms with Gasteiger partial charge in [0.05, 0.1) is 24.4 Å². The lowest BCUT2D eigenvalue weighted by Crippen LogP contribution is -2.28. The molecule has 2 saturated carbocycles. The number of fused-ring (bicyclic) bond motifs is 4. The van der Waals surface area contributed by atoms with Crippen LogP contribution in [0.25, 0.3) is 87.6 Å². The third kappa shape index (κ3) is 9.20. The van der Waals surface area contributed by atoms with E-state index in [0.29, 0.717) is 25.7 Å². The molecule has 4 nitrogen and oxygen atoms in total. The van der Waals surface area contributed by atoms with Gasteiger partial charge in [-0.25, -0.2) is 0 Å². The van der Waals surface area contributed by atoms with Crippen LogP contribution in [-0.2, 0) is 5.41 Å². The molecule has 0 aromatic heterocycles. The molecular formula is C72H62O4. The highest BCUT2D eigenvalue weighted by atomic mass is 16.5. The molecule has 0 unspecified atom stereocenters. The topological polar surface area (TPSA) is 58.9 Å². The number of hydrogen-bond acceptors (Lipinski definition) is 4. The highest BCUT2D eigenvalue weighted by molar-refractivity contribution is 5.96. The fourth-order valence-corrected chi connectivity index (χ4v) is 12.3. The summed E-state index contributed by atoms with van der Waals surface area (Å²) >= 11 is 0. The highest BCUT2D eigenvalue weighted by Crippen LogP contribution is 2.52. The second-order valence-electron chi connectivity index (χ2n) is 21.6. The van der Waals surface area contributed by atoms with Crippen molar-refractivity contribution in [2.24, 2.45) is 0 Å². The Labute approximate surface area is 445 Å². The van der Waals surface area contributed by atoms with Gasteiger partial charge in [0.2, 0.25) is 0 Å². The number of aliphatic hydroxyl groups is 2. The summed E-state index contributed by atoms with van der Waals surface area (Å²) in [4.78, 5) is 0. The van der Waals surface area contributed by atoms with E-state index in [1.54, 1.807) is 0 Å². The fourth-order valence-electron chi connectivity index (χ4n) is 12.3. The van der Waals surface area contributed by atoms with Gasteiger partial charge in [0.15, 0.2) is 0 Å². The summed E-state index contributed by atoms with van der Waals surface area (Å²) < 4.78 is 14.9. The first kappa shape index (κ1) is 47.7. The molecule has 0 aliphatic heterocycles. The molecule has 0 bridgehead atoms. The molecule has 2 fully saturated rings. The van der Waals surface area contributed by atoms with E-state index >= 15 is 0 Å². The van der Waals surface area contributed by atoms with E-state index in [0.717, 1.165) is 98.4 Å². The van der Waals surface area contributed by atoms with Gasteiger partial charge < -0.3 is 19.7 Å². The van der Waals surface area contributed by atoms with Crippen molar-refractivity contribution in [3.8, 4) is 56.0 Å². The Morgan fingerprint density at radius 1 is 0.303 bits per heavy atom. The zero-order valence-corrected chi connectivity index (χ0v) is 43.0. The maximum absolute atomic E-state index is 10.7. The maximum atomic E-state index is 10.7. The normalized spacial score (nSPS) is 18.7. The summed E-state index contributed by atoms with van der Waals surface area (Å²) in [6, 6.07) is 82.3. The molecule has 374 valence electrons.